The monoisotopic (exact) mass is 364 g/mol. The highest BCUT2D eigenvalue weighted by atomic mass is 16.5. The SMILES string of the molecule is CCOC(=O)CCN(CCNC(C)=O)C(=O)COc1cccc(C)c1C. The molecule has 0 unspecified atom stereocenters. The zero-order valence-electron chi connectivity index (χ0n) is 16.0. The summed E-state index contributed by atoms with van der Waals surface area (Å²) in [4.78, 5) is 36.6. The molecule has 0 aliphatic rings. The summed E-state index contributed by atoms with van der Waals surface area (Å²) in [7, 11) is 0. The number of nitrogens with zero attached hydrogens (tertiary/aromatic N) is 1. The van der Waals surface area contributed by atoms with E-state index in [1.165, 1.54) is 11.8 Å². The Morgan fingerprint density at radius 3 is 2.54 bits per heavy atom. The first-order chi connectivity index (χ1) is 12.3. The maximum atomic E-state index is 12.5. The Bertz CT molecular complexity index is 630. The Morgan fingerprint density at radius 1 is 1.15 bits per heavy atom. The first kappa shape index (κ1) is 21.5. The second-order valence-electron chi connectivity index (χ2n) is 5.91. The van der Waals surface area contributed by atoms with Crippen molar-refractivity contribution in [3.05, 3.63) is 29.3 Å². The minimum absolute atomic E-state index is 0.100. The second-order valence-corrected chi connectivity index (χ2v) is 5.91. The number of nitrogens with one attached hydrogen (secondary N) is 1. The Labute approximate surface area is 154 Å². The summed E-state index contributed by atoms with van der Waals surface area (Å²) in [5.41, 5.74) is 2.07. The van der Waals surface area contributed by atoms with Crippen LogP contribution in [0.2, 0.25) is 0 Å². The topological polar surface area (TPSA) is 84.9 Å². The van der Waals surface area contributed by atoms with E-state index in [0.29, 0.717) is 25.4 Å². The van der Waals surface area contributed by atoms with Crippen LogP contribution in [0.5, 0.6) is 5.75 Å². The number of esters is 1. The highest BCUT2D eigenvalue weighted by Gasteiger charge is 2.17. The van der Waals surface area contributed by atoms with Gasteiger partial charge in [-0.3, -0.25) is 14.4 Å². The molecule has 1 rings (SSSR count). The Hall–Kier alpha value is -2.57. The quantitative estimate of drug-likeness (QED) is 0.638. The van der Waals surface area contributed by atoms with E-state index in [1.54, 1.807) is 6.92 Å². The fourth-order valence-electron chi connectivity index (χ4n) is 2.30. The van der Waals surface area contributed by atoms with Gasteiger partial charge in [-0.2, -0.15) is 0 Å². The van der Waals surface area contributed by atoms with Crippen molar-refractivity contribution in [2.75, 3.05) is 32.8 Å². The molecule has 0 aromatic heterocycles. The van der Waals surface area contributed by atoms with Crippen LogP contribution in [0.15, 0.2) is 18.2 Å². The molecule has 1 N–H and O–H groups in total. The lowest BCUT2D eigenvalue weighted by Gasteiger charge is -2.23. The molecule has 0 spiro atoms. The standard InChI is InChI=1S/C19H28N2O5/c1-5-25-19(24)9-11-21(12-10-20-16(4)22)18(23)13-26-17-8-6-7-14(2)15(17)3/h6-8H,5,9-13H2,1-4H3,(H,20,22). The molecule has 1 aromatic rings. The molecule has 0 atom stereocenters. The van der Waals surface area contributed by atoms with Crippen LogP contribution in [-0.2, 0) is 19.1 Å². The van der Waals surface area contributed by atoms with Crippen LogP contribution in [-0.4, -0.2) is 55.5 Å². The molecule has 0 saturated carbocycles. The van der Waals surface area contributed by atoms with E-state index < -0.39 is 0 Å². The van der Waals surface area contributed by atoms with Crippen molar-refractivity contribution in [2.24, 2.45) is 0 Å². The molecular formula is C19H28N2O5. The van der Waals surface area contributed by atoms with E-state index in [4.69, 9.17) is 9.47 Å². The molecular weight excluding hydrogens is 336 g/mol. The fraction of sp³-hybridized carbons (Fsp3) is 0.526. The number of benzene rings is 1. The number of ether oxygens (including phenoxy) is 2. The van der Waals surface area contributed by atoms with Gasteiger partial charge in [0, 0.05) is 26.6 Å². The Morgan fingerprint density at radius 2 is 1.88 bits per heavy atom. The predicted octanol–water partition coefficient (Wildman–Crippen LogP) is 1.60. The van der Waals surface area contributed by atoms with Gasteiger partial charge in [-0.15, -0.1) is 0 Å². The minimum Gasteiger partial charge on any atom is -0.483 e. The summed E-state index contributed by atoms with van der Waals surface area (Å²) in [6, 6.07) is 5.66. The maximum absolute atomic E-state index is 12.5. The maximum Gasteiger partial charge on any atom is 0.307 e. The van der Waals surface area contributed by atoms with E-state index in [0.717, 1.165) is 11.1 Å². The van der Waals surface area contributed by atoms with Gasteiger partial charge in [-0.25, -0.2) is 0 Å². The van der Waals surface area contributed by atoms with Crippen molar-refractivity contribution in [2.45, 2.75) is 34.1 Å². The third-order valence-electron chi connectivity index (χ3n) is 3.91. The van der Waals surface area contributed by atoms with Crippen LogP contribution in [0.1, 0.15) is 31.4 Å². The average Bonchev–Trinajstić information content (AvgIpc) is 2.59. The molecule has 26 heavy (non-hydrogen) atoms. The van der Waals surface area contributed by atoms with Crippen molar-refractivity contribution < 1.29 is 23.9 Å². The number of aryl methyl sites for hydroxylation is 1. The van der Waals surface area contributed by atoms with Gasteiger partial charge in [0.05, 0.1) is 13.0 Å². The Kier molecular flexibility index (Phi) is 9.19. The van der Waals surface area contributed by atoms with E-state index >= 15 is 0 Å². The summed E-state index contributed by atoms with van der Waals surface area (Å²) in [5, 5.41) is 2.64. The van der Waals surface area contributed by atoms with Gasteiger partial charge in [0.2, 0.25) is 5.91 Å². The van der Waals surface area contributed by atoms with E-state index in [9.17, 15) is 14.4 Å². The molecule has 0 bridgehead atoms. The van der Waals surface area contributed by atoms with Crippen molar-refractivity contribution in [1.82, 2.24) is 10.2 Å². The van der Waals surface area contributed by atoms with Crippen molar-refractivity contribution >= 4 is 17.8 Å². The summed E-state index contributed by atoms with van der Waals surface area (Å²) in [6.07, 6.45) is 0.100. The third-order valence-corrected chi connectivity index (χ3v) is 3.91. The minimum atomic E-state index is -0.361. The van der Waals surface area contributed by atoms with Crippen LogP contribution in [0.25, 0.3) is 0 Å². The summed E-state index contributed by atoms with van der Waals surface area (Å²) >= 11 is 0. The van der Waals surface area contributed by atoms with Gasteiger partial charge in [-0.1, -0.05) is 12.1 Å². The molecule has 0 heterocycles. The van der Waals surface area contributed by atoms with E-state index in [1.807, 2.05) is 32.0 Å². The zero-order chi connectivity index (χ0) is 19.5. The van der Waals surface area contributed by atoms with Gasteiger partial charge < -0.3 is 19.7 Å². The first-order valence-electron chi connectivity index (χ1n) is 8.72. The normalized spacial score (nSPS) is 10.2. The molecule has 0 saturated heterocycles. The predicted molar refractivity (Wildman–Crippen MR) is 97.9 cm³/mol. The van der Waals surface area contributed by atoms with E-state index in [-0.39, 0.29) is 37.4 Å². The smallest absolute Gasteiger partial charge is 0.307 e. The van der Waals surface area contributed by atoms with Crippen LogP contribution in [0.4, 0.5) is 0 Å². The average molecular weight is 364 g/mol. The molecule has 0 radical (unpaired) electrons. The fourth-order valence-corrected chi connectivity index (χ4v) is 2.30. The molecule has 7 nitrogen and oxygen atoms in total. The van der Waals surface area contributed by atoms with Crippen LogP contribution in [0.3, 0.4) is 0 Å². The second kappa shape index (κ2) is 11.1. The summed E-state index contributed by atoms with van der Waals surface area (Å²) < 4.78 is 10.5. The van der Waals surface area contributed by atoms with Gasteiger partial charge in [0.25, 0.3) is 5.91 Å². The highest BCUT2D eigenvalue weighted by Crippen LogP contribution is 2.20. The molecule has 0 fully saturated rings. The molecule has 2 amide bonds. The summed E-state index contributed by atoms with van der Waals surface area (Å²) in [6.45, 7) is 8.05. The van der Waals surface area contributed by atoms with Gasteiger partial charge in [0.1, 0.15) is 5.75 Å². The Balaban J connectivity index is 2.64. The molecule has 144 valence electrons. The number of amides is 2. The number of hydrogen-bond acceptors (Lipinski definition) is 5. The van der Waals surface area contributed by atoms with Gasteiger partial charge in [-0.05, 0) is 38.0 Å². The lowest BCUT2D eigenvalue weighted by molar-refractivity contribution is -0.144. The van der Waals surface area contributed by atoms with Crippen LogP contribution >= 0.6 is 0 Å². The molecule has 7 heteroatoms. The molecule has 0 aliphatic heterocycles. The molecule has 1 aromatic carbocycles. The number of rotatable bonds is 10. The van der Waals surface area contributed by atoms with E-state index in [2.05, 4.69) is 5.32 Å². The van der Waals surface area contributed by atoms with Crippen LogP contribution < -0.4 is 10.1 Å². The zero-order valence-corrected chi connectivity index (χ0v) is 16.0. The van der Waals surface area contributed by atoms with Crippen molar-refractivity contribution in [3.63, 3.8) is 0 Å². The number of carbonyl (C=O) groups excluding carboxylic acids is 3. The first-order valence-corrected chi connectivity index (χ1v) is 8.72. The largest absolute Gasteiger partial charge is 0.483 e. The molecule has 0 aliphatic carbocycles. The lowest BCUT2D eigenvalue weighted by Crippen LogP contribution is -2.41. The van der Waals surface area contributed by atoms with Gasteiger partial charge in [0.15, 0.2) is 6.61 Å². The van der Waals surface area contributed by atoms with Gasteiger partial charge >= 0.3 is 5.97 Å². The highest BCUT2D eigenvalue weighted by molar-refractivity contribution is 5.79. The summed E-state index contributed by atoms with van der Waals surface area (Å²) in [5.74, 6) is -0.124. The third kappa shape index (κ3) is 7.55. The van der Waals surface area contributed by atoms with Crippen molar-refractivity contribution in [3.8, 4) is 5.75 Å². The lowest BCUT2D eigenvalue weighted by atomic mass is 10.1. The number of hydrogen-bond donors (Lipinski definition) is 1. The van der Waals surface area contributed by atoms with Crippen LogP contribution in [0, 0.1) is 13.8 Å². The number of carbonyl (C=O) groups is 3. The van der Waals surface area contributed by atoms with Crippen molar-refractivity contribution in [1.29, 1.82) is 0 Å².